The van der Waals surface area contributed by atoms with Gasteiger partial charge in [-0.1, -0.05) is 0 Å². The number of carbonyl (C=O) groups excluding carboxylic acids is 1. The van der Waals surface area contributed by atoms with Crippen molar-refractivity contribution in [1.29, 1.82) is 0 Å². The minimum Gasteiger partial charge on any atom is -0.379 e. The van der Waals surface area contributed by atoms with Gasteiger partial charge in [0.1, 0.15) is 0 Å². The summed E-state index contributed by atoms with van der Waals surface area (Å²) in [6.07, 6.45) is 4.15. The Kier molecular flexibility index (Phi) is 3.34. The van der Waals surface area contributed by atoms with Crippen LogP contribution in [0.5, 0.6) is 0 Å². The van der Waals surface area contributed by atoms with Crippen LogP contribution in [0.25, 0.3) is 0 Å². The molecule has 1 N–H and O–H groups in total. The van der Waals surface area contributed by atoms with Crippen molar-refractivity contribution in [2.75, 3.05) is 45.9 Å². The highest BCUT2D eigenvalue weighted by Crippen LogP contribution is 2.55. The van der Waals surface area contributed by atoms with E-state index in [9.17, 15) is 4.79 Å². The third kappa shape index (κ3) is 2.11. The van der Waals surface area contributed by atoms with Gasteiger partial charge in [-0.05, 0) is 31.1 Å². The summed E-state index contributed by atoms with van der Waals surface area (Å²) in [6.45, 7) is 6.36. The zero-order chi connectivity index (χ0) is 13.5. The van der Waals surface area contributed by atoms with Crippen molar-refractivity contribution >= 4 is 6.03 Å². The number of hydrogen-bond donors (Lipinski definition) is 1. The van der Waals surface area contributed by atoms with E-state index in [1.807, 2.05) is 0 Å². The van der Waals surface area contributed by atoms with Gasteiger partial charge in [0.25, 0.3) is 0 Å². The first-order valence-corrected chi connectivity index (χ1v) is 8.17. The Morgan fingerprint density at radius 2 is 2.00 bits per heavy atom. The summed E-state index contributed by atoms with van der Waals surface area (Å²) in [5, 5.41) is 3.11. The van der Waals surface area contributed by atoms with Crippen LogP contribution >= 0.6 is 0 Å². The maximum atomic E-state index is 12.3. The number of morpholine rings is 1. The summed E-state index contributed by atoms with van der Waals surface area (Å²) in [4.78, 5) is 16.7. The first kappa shape index (κ1) is 12.9. The fourth-order valence-electron chi connectivity index (χ4n) is 4.80. The predicted molar refractivity (Wildman–Crippen MR) is 75.5 cm³/mol. The number of rotatable bonds is 3. The van der Waals surface area contributed by atoms with Gasteiger partial charge in [-0.2, -0.15) is 0 Å². The number of amides is 2. The van der Waals surface area contributed by atoms with Gasteiger partial charge in [0.05, 0.1) is 13.2 Å². The molecule has 2 heterocycles. The number of fused-ring (bicyclic) bond motifs is 5. The highest BCUT2D eigenvalue weighted by molar-refractivity contribution is 5.75. The molecule has 4 rings (SSSR count). The van der Waals surface area contributed by atoms with E-state index in [2.05, 4.69) is 15.1 Å². The van der Waals surface area contributed by atoms with Crippen LogP contribution < -0.4 is 5.32 Å². The first-order valence-electron chi connectivity index (χ1n) is 8.17. The Labute approximate surface area is 120 Å². The maximum Gasteiger partial charge on any atom is 0.317 e. The van der Waals surface area contributed by atoms with E-state index in [0.717, 1.165) is 63.7 Å². The fraction of sp³-hybridized carbons (Fsp3) is 0.933. The first-order chi connectivity index (χ1) is 9.83. The second-order valence-electron chi connectivity index (χ2n) is 6.83. The molecule has 0 aromatic heterocycles. The molecule has 2 aliphatic carbocycles. The Balaban J connectivity index is 1.21. The van der Waals surface area contributed by atoms with Gasteiger partial charge < -0.3 is 15.0 Å². The van der Waals surface area contributed by atoms with Crippen LogP contribution in [0.2, 0.25) is 0 Å². The molecule has 0 unspecified atom stereocenters. The lowest BCUT2D eigenvalue weighted by Gasteiger charge is -2.50. The Bertz CT molecular complexity index is 381. The van der Waals surface area contributed by atoms with Crippen LogP contribution in [0.4, 0.5) is 4.79 Å². The second-order valence-corrected chi connectivity index (χ2v) is 6.83. The molecule has 5 heteroatoms. The van der Waals surface area contributed by atoms with E-state index in [1.54, 1.807) is 0 Å². The van der Waals surface area contributed by atoms with Crippen molar-refractivity contribution in [2.45, 2.75) is 25.3 Å². The van der Waals surface area contributed by atoms with Gasteiger partial charge in [0.2, 0.25) is 0 Å². The van der Waals surface area contributed by atoms with E-state index >= 15 is 0 Å². The minimum absolute atomic E-state index is 0.173. The molecule has 4 fully saturated rings. The standard InChI is InChI=1S/C15H25N3O2/c19-15(16-3-4-17-5-7-20-8-6-17)18-10-13-11-1-2-12(9-11)14(13)18/h11-14H,1-10H2,(H,16,19)/t11-,12-,13+,14+/m0/s1. The fourth-order valence-corrected chi connectivity index (χ4v) is 4.80. The average molecular weight is 279 g/mol. The zero-order valence-corrected chi connectivity index (χ0v) is 12.1. The van der Waals surface area contributed by atoms with Crippen LogP contribution in [-0.2, 0) is 4.74 Å². The van der Waals surface area contributed by atoms with Crippen molar-refractivity contribution < 1.29 is 9.53 Å². The monoisotopic (exact) mass is 279 g/mol. The normalized spacial score (nSPS) is 39.5. The molecule has 0 aromatic carbocycles. The minimum atomic E-state index is 0.173. The quantitative estimate of drug-likeness (QED) is 0.829. The lowest BCUT2D eigenvalue weighted by Crippen LogP contribution is -2.63. The van der Waals surface area contributed by atoms with Gasteiger partial charge in [-0.25, -0.2) is 4.79 Å². The highest BCUT2D eigenvalue weighted by atomic mass is 16.5. The van der Waals surface area contributed by atoms with Crippen LogP contribution in [0.3, 0.4) is 0 Å². The number of ether oxygens (including phenoxy) is 1. The topological polar surface area (TPSA) is 44.8 Å². The molecule has 5 nitrogen and oxygen atoms in total. The third-order valence-corrected chi connectivity index (χ3v) is 5.88. The second kappa shape index (κ2) is 5.19. The molecule has 4 atom stereocenters. The molecule has 112 valence electrons. The highest BCUT2D eigenvalue weighted by Gasteiger charge is 2.57. The molecule has 0 spiro atoms. The van der Waals surface area contributed by atoms with E-state index in [-0.39, 0.29) is 6.03 Å². The lowest BCUT2D eigenvalue weighted by atomic mass is 9.77. The molecular formula is C15H25N3O2. The predicted octanol–water partition coefficient (Wildman–Crippen LogP) is 0.758. The van der Waals surface area contributed by atoms with Crippen molar-refractivity contribution in [2.24, 2.45) is 17.8 Å². The number of nitrogens with one attached hydrogen (secondary N) is 1. The van der Waals surface area contributed by atoms with Crippen LogP contribution in [0.1, 0.15) is 19.3 Å². The van der Waals surface area contributed by atoms with E-state index in [1.165, 1.54) is 19.3 Å². The lowest BCUT2D eigenvalue weighted by molar-refractivity contribution is 0.0112. The van der Waals surface area contributed by atoms with Crippen molar-refractivity contribution in [1.82, 2.24) is 15.1 Å². The third-order valence-electron chi connectivity index (χ3n) is 5.88. The number of nitrogens with zero attached hydrogens (tertiary/aromatic N) is 2. The molecule has 20 heavy (non-hydrogen) atoms. The summed E-state index contributed by atoms with van der Waals surface area (Å²) >= 11 is 0. The Morgan fingerprint density at radius 1 is 1.20 bits per heavy atom. The van der Waals surface area contributed by atoms with Gasteiger partial charge in [-0.3, -0.25) is 4.90 Å². The van der Waals surface area contributed by atoms with Gasteiger partial charge >= 0.3 is 6.03 Å². The summed E-state index contributed by atoms with van der Waals surface area (Å²) in [7, 11) is 0. The largest absolute Gasteiger partial charge is 0.379 e. The molecular weight excluding hydrogens is 254 g/mol. The maximum absolute atomic E-state index is 12.3. The van der Waals surface area contributed by atoms with Crippen LogP contribution in [-0.4, -0.2) is 67.8 Å². The van der Waals surface area contributed by atoms with Crippen LogP contribution in [0, 0.1) is 17.8 Å². The molecule has 0 aromatic rings. The number of likely N-dealkylation sites (tertiary alicyclic amines) is 1. The summed E-state index contributed by atoms with van der Waals surface area (Å²) in [5.41, 5.74) is 0. The zero-order valence-electron chi connectivity index (χ0n) is 12.1. The smallest absolute Gasteiger partial charge is 0.317 e. The van der Waals surface area contributed by atoms with Gasteiger partial charge in [-0.15, -0.1) is 0 Å². The average Bonchev–Trinajstić information content (AvgIpc) is 2.96. The number of urea groups is 1. The Morgan fingerprint density at radius 3 is 2.80 bits per heavy atom. The summed E-state index contributed by atoms with van der Waals surface area (Å²) in [6, 6.07) is 0.754. The summed E-state index contributed by atoms with van der Waals surface area (Å²) in [5.74, 6) is 2.57. The molecule has 2 saturated heterocycles. The van der Waals surface area contributed by atoms with Crippen molar-refractivity contribution in [3.05, 3.63) is 0 Å². The van der Waals surface area contributed by atoms with Crippen molar-refractivity contribution in [3.8, 4) is 0 Å². The van der Waals surface area contributed by atoms with E-state index in [4.69, 9.17) is 4.74 Å². The molecule has 2 bridgehead atoms. The molecule has 2 saturated carbocycles. The number of carbonyl (C=O) groups is 1. The molecule has 4 aliphatic rings. The summed E-state index contributed by atoms with van der Waals surface area (Å²) < 4.78 is 5.33. The Hall–Kier alpha value is -0.810. The molecule has 2 amide bonds. The van der Waals surface area contributed by atoms with E-state index in [0.29, 0.717) is 6.04 Å². The SMILES string of the molecule is O=C(NCCN1CCOCC1)N1C[C@@H]2[C@H]3CC[C@@H](C3)[C@H]21. The van der Waals surface area contributed by atoms with E-state index < -0.39 is 0 Å². The molecule has 2 aliphatic heterocycles. The van der Waals surface area contributed by atoms with Crippen molar-refractivity contribution in [3.63, 3.8) is 0 Å². The van der Waals surface area contributed by atoms with Crippen LogP contribution in [0.15, 0.2) is 0 Å². The van der Waals surface area contributed by atoms with Gasteiger partial charge in [0.15, 0.2) is 0 Å². The van der Waals surface area contributed by atoms with Gasteiger partial charge in [0, 0.05) is 44.7 Å². The number of hydrogen-bond acceptors (Lipinski definition) is 3. The molecule has 0 radical (unpaired) electrons.